The van der Waals surface area contributed by atoms with Crippen LogP contribution >= 0.6 is 11.6 Å². The van der Waals surface area contributed by atoms with E-state index >= 15 is 0 Å². The minimum atomic E-state index is -3.88. The first kappa shape index (κ1) is 25.1. The maximum absolute atomic E-state index is 12.9. The zero-order chi connectivity index (χ0) is 23.2. The molecule has 0 aliphatic heterocycles. The summed E-state index contributed by atoms with van der Waals surface area (Å²) >= 11 is 5.84. The van der Waals surface area contributed by atoms with Gasteiger partial charge in [-0.2, -0.15) is 4.72 Å². The fourth-order valence-electron chi connectivity index (χ4n) is 3.10. The summed E-state index contributed by atoms with van der Waals surface area (Å²) in [5.74, 6) is 0.0884. The quantitative estimate of drug-likeness (QED) is 0.560. The second kappa shape index (κ2) is 10.9. The molecule has 2 aromatic carbocycles. The molecule has 2 rings (SSSR count). The van der Waals surface area contributed by atoms with Crippen molar-refractivity contribution in [2.45, 2.75) is 30.8 Å². The number of ether oxygens (including phenoxy) is 1. The summed E-state index contributed by atoms with van der Waals surface area (Å²) in [5.41, 5.74) is 0.979. The van der Waals surface area contributed by atoms with Crippen molar-refractivity contribution in [1.29, 1.82) is 0 Å². The van der Waals surface area contributed by atoms with Gasteiger partial charge in [-0.1, -0.05) is 37.6 Å². The van der Waals surface area contributed by atoms with Gasteiger partial charge < -0.3 is 15.0 Å². The summed E-state index contributed by atoms with van der Waals surface area (Å²) in [7, 11) is 1.56. The average molecular weight is 468 g/mol. The normalized spacial score (nSPS) is 13.8. The van der Waals surface area contributed by atoms with E-state index in [9.17, 15) is 13.2 Å². The molecule has 0 saturated heterocycles. The number of nitrogens with one attached hydrogen (secondary N) is 2. The van der Waals surface area contributed by atoms with E-state index in [0.29, 0.717) is 11.6 Å². The van der Waals surface area contributed by atoms with E-state index in [1.807, 2.05) is 43.3 Å². The van der Waals surface area contributed by atoms with Crippen LogP contribution in [-0.2, 0) is 14.8 Å². The molecular weight excluding hydrogens is 438 g/mol. The van der Waals surface area contributed by atoms with Crippen LogP contribution in [0.1, 0.15) is 25.5 Å². The first-order valence-electron chi connectivity index (χ1n) is 9.91. The number of carbonyl (C=O) groups excluding carboxylic acids is 1. The van der Waals surface area contributed by atoms with Crippen LogP contribution in [0.15, 0.2) is 53.4 Å². The number of sulfonamides is 1. The number of nitrogens with zero attached hydrogens (tertiary/aromatic N) is 1. The molecule has 2 aromatic rings. The van der Waals surface area contributed by atoms with E-state index in [1.165, 1.54) is 24.3 Å². The van der Waals surface area contributed by atoms with Crippen molar-refractivity contribution >= 4 is 27.5 Å². The molecule has 0 radical (unpaired) electrons. The van der Waals surface area contributed by atoms with E-state index in [0.717, 1.165) is 11.3 Å². The fraction of sp³-hybridized carbons (Fsp3) is 0.409. The lowest BCUT2D eigenvalue weighted by Gasteiger charge is -2.27. The first-order valence-corrected chi connectivity index (χ1v) is 11.8. The topological polar surface area (TPSA) is 87.7 Å². The summed E-state index contributed by atoms with van der Waals surface area (Å²) in [6.07, 6.45) is 0. The van der Waals surface area contributed by atoms with Gasteiger partial charge in [0, 0.05) is 11.6 Å². The van der Waals surface area contributed by atoms with Crippen molar-refractivity contribution in [1.82, 2.24) is 14.9 Å². The van der Waals surface area contributed by atoms with Gasteiger partial charge in [-0.05, 0) is 62.0 Å². The van der Waals surface area contributed by atoms with Crippen LogP contribution < -0.4 is 14.8 Å². The molecule has 0 spiro atoms. The molecule has 0 saturated carbocycles. The Morgan fingerprint density at radius 2 is 1.77 bits per heavy atom. The highest BCUT2D eigenvalue weighted by atomic mass is 35.5. The molecule has 2 atom stereocenters. The molecule has 7 nitrogen and oxygen atoms in total. The number of hydrogen-bond donors (Lipinski definition) is 2. The molecule has 1 amide bonds. The molecule has 0 aliphatic rings. The molecule has 0 bridgehead atoms. The molecule has 0 aliphatic carbocycles. The van der Waals surface area contributed by atoms with Gasteiger partial charge >= 0.3 is 0 Å². The number of halogens is 1. The number of rotatable bonds is 10. The zero-order valence-corrected chi connectivity index (χ0v) is 20.0. The standard InChI is InChI=1S/C22H30ClN3O4S/c1-15(2)21(25-31(28,29)19-11-9-17(23)10-12-19)22(27)24-14-20(26(3)4)16-7-6-8-18(13-16)30-5/h6-13,15,20-21,25H,14H2,1-5H3,(H,24,27)/t20-,21+/m0/s1. The minimum absolute atomic E-state index is 0.0536. The summed E-state index contributed by atoms with van der Waals surface area (Å²) in [6.45, 7) is 3.89. The van der Waals surface area contributed by atoms with Crippen LogP contribution in [0.5, 0.6) is 5.75 Å². The Hall–Kier alpha value is -2.13. The first-order chi connectivity index (χ1) is 14.5. The van der Waals surface area contributed by atoms with Crippen LogP contribution in [0, 0.1) is 5.92 Å². The van der Waals surface area contributed by atoms with Crippen molar-refractivity contribution < 1.29 is 17.9 Å². The predicted molar refractivity (Wildman–Crippen MR) is 123 cm³/mol. The Morgan fingerprint density at radius 1 is 1.13 bits per heavy atom. The van der Waals surface area contributed by atoms with Gasteiger partial charge in [0.15, 0.2) is 0 Å². The summed E-state index contributed by atoms with van der Waals surface area (Å²) < 4.78 is 33.3. The third-order valence-corrected chi connectivity index (χ3v) is 6.64. The van der Waals surface area contributed by atoms with Crippen molar-refractivity contribution in [3.8, 4) is 5.75 Å². The number of hydrogen-bond acceptors (Lipinski definition) is 5. The van der Waals surface area contributed by atoms with Gasteiger partial charge in [0.1, 0.15) is 11.8 Å². The predicted octanol–water partition coefficient (Wildman–Crippen LogP) is 3.07. The van der Waals surface area contributed by atoms with Gasteiger partial charge in [0.25, 0.3) is 0 Å². The minimum Gasteiger partial charge on any atom is -0.497 e. The average Bonchev–Trinajstić information content (AvgIpc) is 2.72. The maximum Gasteiger partial charge on any atom is 0.241 e. The largest absolute Gasteiger partial charge is 0.497 e. The third kappa shape index (κ3) is 6.93. The molecule has 0 heterocycles. The van der Waals surface area contributed by atoms with Crippen LogP contribution in [-0.4, -0.2) is 53.0 Å². The lowest BCUT2D eigenvalue weighted by Crippen LogP contribution is -2.50. The third-order valence-electron chi connectivity index (χ3n) is 4.93. The molecule has 170 valence electrons. The van der Waals surface area contributed by atoms with E-state index in [2.05, 4.69) is 10.0 Å². The van der Waals surface area contributed by atoms with Gasteiger partial charge in [-0.25, -0.2) is 8.42 Å². The van der Waals surface area contributed by atoms with Gasteiger partial charge in [0.05, 0.1) is 18.0 Å². The van der Waals surface area contributed by atoms with Crippen molar-refractivity contribution in [2.75, 3.05) is 27.7 Å². The van der Waals surface area contributed by atoms with Crippen molar-refractivity contribution in [3.05, 3.63) is 59.1 Å². The van der Waals surface area contributed by atoms with Crippen molar-refractivity contribution in [2.24, 2.45) is 5.92 Å². The number of likely N-dealkylation sites (N-methyl/N-ethyl adjacent to an activating group) is 1. The van der Waals surface area contributed by atoms with Gasteiger partial charge in [0.2, 0.25) is 15.9 Å². The Bertz CT molecular complexity index is 979. The number of carbonyl (C=O) groups is 1. The maximum atomic E-state index is 12.9. The summed E-state index contributed by atoms with van der Waals surface area (Å²) in [5, 5.41) is 3.33. The molecule has 0 aromatic heterocycles. The SMILES string of the molecule is COc1cccc([C@H](CNC(=O)[C@H](NS(=O)(=O)c2ccc(Cl)cc2)C(C)C)N(C)C)c1. The highest BCUT2D eigenvalue weighted by molar-refractivity contribution is 7.89. The smallest absolute Gasteiger partial charge is 0.241 e. The van der Waals surface area contributed by atoms with Crippen LogP contribution in [0.4, 0.5) is 0 Å². The highest BCUT2D eigenvalue weighted by Gasteiger charge is 2.29. The Balaban J connectivity index is 2.14. The summed E-state index contributed by atoms with van der Waals surface area (Å²) in [6, 6.07) is 12.4. The monoisotopic (exact) mass is 467 g/mol. The van der Waals surface area contributed by atoms with E-state index in [4.69, 9.17) is 16.3 Å². The van der Waals surface area contributed by atoms with Crippen molar-refractivity contribution in [3.63, 3.8) is 0 Å². The highest BCUT2D eigenvalue weighted by Crippen LogP contribution is 2.22. The van der Waals surface area contributed by atoms with Crippen LogP contribution in [0.3, 0.4) is 0 Å². The zero-order valence-electron chi connectivity index (χ0n) is 18.4. The second-order valence-electron chi connectivity index (χ2n) is 7.80. The van der Waals surface area contributed by atoms with E-state index < -0.39 is 16.1 Å². The van der Waals surface area contributed by atoms with E-state index in [1.54, 1.807) is 21.0 Å². The molecule has 0 unspecified atom stereocenters. The Kier molecular flexibility index (Phi) is 8.88. The molecule has 0 fully saturated rings. The fourth-order valence-corrected chi connectivity index (χ4v) is 4.57. The van der Waals surface area contributed by atoms with Crippen LogP contribution in [0.2, 0.25) is 5.02 Å². The van der Waals surface area contributed by atoms with Crippen LogP contribution in [0.25, 0.3) is 0 Å². The van der Waals surface area contributed by atoms with Gasteiger partial charge in [-0.3, -0.25) is 4.79 Å². The van der Waals surface area contributed by atoms with Gasteiger partial charge in [-0.15, -0.1) is 0 Å². The molecule has 9 heteroatoms. The second-order valence-corrected chi connectivity index (χ2v) is 9.95. The molecule has 2 N–H and O–H groups in total. The number of methoxy groups -OCH3 is 1. The molecular formula is C22H30ClN3O4S. The lowest BCUT2D eigenvalue weighted by atomic mass is 10.0. The van der Waals surface area contributed by atoms with E-state index in [-0.39, 0.29) is 22.8 Å². The number of amides is 1. The lowest BCUT2D eigenvalue weighted by molar-refractivity contribution is -0.123. The summed E-state index contributed by atoms with van der Waals surface area (Å²) in [4.78, 5) is 15.0. The molecule has 31 heavy (non-hydrogen) atoms. The number of benzene rings is 2. The Morgan fingerprint density at radius 3 is 2.32 bits per heavy atom. The Labute approximate surface area is 189 Å².